The second-order valence-electron chi connectivity index (χ2n) is 6.15. The number of cyclic esters (lactones) is 1. The number of esters is 1. The normalized spacial score (nSPS) is 15.1. The number of carbonyl (C=O) groups is 1. The highest BCUT2D eigenvalue weighted by Gasteiger charge is 2.26. The predicted octanol–water partition coefficient (Wildman–Crippen LogP) is 4.49. The Bertz CT molecular complexity index is 1100. The summed E-state index contributed by atoms with van der Waals surface area (Å²) in [5.41, 5.74) is 4.33. The smallest absolute Gasteiger partial charge is 0.363 e. The van der Waals surface area contributed by atoms with Gasteiger partial charge in [-0.15, -0.1) is 0 Å². The summed E-state index contributed by atoms with van der Waals surface area (Å²) in [6, 6.07) is 17.0. The molecule has 0 saturated carbocycles. The third kappa shape index (κ3) is 3.17. The molecule has 3 aromatic rings. The molecule has 1 aliphatic heterocycles. The standard InChI is InChI=1S/C21H16ClN3O2/c1-13-17(14(2)25(24-13)15-8-4-3-5-9-15)12-19-21(26)27-20(23-19)16-10-6-7-11-18(16)22/h3-12H,1-2H3. The van der Waals surface area contributed by atoms with E-state index in [9.17, 15) is 4.79 Å². The molecule has 0 bridgehead atoms. The molecule has 6 heteroatoms. The minimum Gasteiger partial charge on any atom is -0.402 e. The van der Waals surface area contributed by atoms with E-state index in [2.05, 4.69) is 10.1 Å². The lowest BCUT2D eigenvalue weighted by molar-refractivity contribution is -0.129. The Morgan fingerprint density at radius 1 is 1.04 bits per heavy atom. The fourth-order valence-electron chi connectivity index (χ4n) is 2.98. The van der Waals surface area contributed by atoms with Crippen molar-refractivity contribution in [3.05, 3.63) is 87.8 Å². The maximum atomic E-state index is 12.3. The van der Waals surface area contributed by atoms with Crippen LogP contribution in [0.1, 0.15) is 22.5 Å². The molecule has 5 nitrogen and oxygen atoms in total. The minimum atomic E-state index is -0.504. The largest absolute Gasteiger partial charge is 0.402 e. The van der Waals surface area contributed by atoms with Gasteiger partial charge in [-0.3, -0.25) is 0 Å². The Morgan fingerprint density at radius 3 is 2.48 bits per heavy atom. The molecule has 0 atom stereocenters. The summed E-state index contributed by atoms with van der Waals surface area (Å²) >= 11 is 6.18. The van der Waals surface area contributed by atoms with E-state index >= 15 is 0 Å². The molecule has 1 aromatic heterocycles. The third-order valence-electron chi connectivity index (χ3n) is 4.35. The van der Waals surface area contributed by atoms with Crippen molar-refractivity contribution in [3.63, 3.8) is 0 Å². The molecule has 2 heterocycles. The van der Waals surface area contributed by atoms with Crippen LogP contribution in [0.25, 0.3) is 11.8 Å². The van der Waals surface area contributed by atoms with E-state index in [0.29, 0.717) is 10.6 Å². The summed E-state index contributed by atoms with van der Waals surface area (Å²) < 4.78 is 7.16. The number of benzene rings is 2. The molecular formula is C21H16ClN3O2. The Balaban J connectivity index is 1.75. The number of ether oxygens (including phenoxy) is 1. The molecule has 2 aromatic carbocycles. The van der Waals surface area contributed by atoms with Crippen LogP contribution in [0.3, 0.4) is 0 Å². The molecule has 0 fully saturated rings. The molecule has 0 N–H and O–H groups in total. The average molecular weight is 378 g/mol. The zero-order chi connectivity index (χ0) is 19.0. The van der Waals surface area contributed by atoms with E-state index in [4.69, 9.17) is 16.3 Å². The maximum Gasteiger partial charge on any atom is 0.363 e. The number of nitrogens with zero attached hydrogens (tertiary/aromatic N) is 3. The van der Waals surface area contributed by atoms with Crippen LogP contribution in [0, 0.1) is 13.8 Å². The quantitative estimate of drug-likeness (QED) is 0.499. The van der Waals surface area contributed by atoms with Gasteiger partial charge >= 0.3 is 5.97 Å². The van der Waals surface area contributed by atoms with Crippen molar-refractivity contribution in [1.29, 1.82) is 0 Å². The van der Waals surface area contributed by atoms with Crippen LogP contribution in [0.15, 0.2) is 65.3 Å². The van der Waals surface area contributed by atoms with Crippen LogP contribution >= 0.6 is 11.6 Å². The van der Waals surface area contributed by atoms with E-state index < -0.39 is 5.97 Å². The molecule has 0 aliphatic carbocycles. The van der Waals surface area contributed by atoms with Gasteiger partial charge in [-0.25, -0.2) is 14.5 Å². The van der Waals surface area contributed by atoms with Crippen LogP contribution in [-0.4, -0.2) is 21.6 Å². The maximum absolute atomic E-state index is 12.3. The van der Waals surface area contributed by atoms with E-state index in [1.165, 1.54) is 0 Å². The van der Waals surface area contributed by atoms with Crippen molar-refractivity contribution < 1.29 is 9.53 Å². The first-order valence-corrected chi connectivity index (χ1v) is 8.81. The molecule has 0 saturated heterocycles. The molecule has 4 rings (SSSR count). The molecule has 0 amide bonds. The van der Waals surface area contributed by atoms with Crippen LogP contribution in [0.5, 0.6) is 0 Å². The zero-order valence-electron chi connectivity index (χ0n) is 14.8. The van der Waals surface area contributed by atoms with Crippen LogP contribution in [0.2, 0.25) is 5.02 Å². The van der Waals surface area contributed by atoms with Gasteiger partial charge in [-0.05, 0) is 44.2 Å². The van der Waals surface area contributed by atoms with E-state index in [1.807, 2.05) is 61.0 Å². The molecule has 0 spiro atoms. The molecule has 134 valence electrons. The van der Waals surface area contributed by atoms with E-state index in [0.717, 1.165) is 22.6 Å². The number of hydrogen-bond acceptors (Lipinski definition) is 4. The number of aryl methyl sites for hydroxylation is 1. The Labute approximate surface area is 161 Å². The molecule has 1 aliphatic rings. The fourth-order valence-corrected chi connectivity index (χ4v) is 3.20. The second-order valence-corrected chi connectivity index (χ2v) is 6.55. The van der Waals surface area contributed by atoms with E-state index in [-0.39, 0.29) is 11.6 Å². The second kappa shape index (κ2) is 6.85. The van der Waals surface area contributed by atoms with Gasteiger partial charge in [-0.2, -0.15) is 5.10 Å². The van der Waals surface area contributed by atoms with Gasteiger partial charge in [-0.1, -0.05) is 41.9 Å². The topological polar surface area (TPSA) is 56.5 Å². The minimum absolute atomic E-state index is 0.211. The van der Waals surface area contributed by atoms with Crippen LogP contribution < -0.4 is 0 Å². The first-order chi connectivity index (χ1) is 13.0. The summed E-state index contributed by atoms with van der Waals surface area (Å²) in [6.07, 6.45) is 1.71. The van der Waals surface area contributed by atoms with Crippen molar-refractivity contribution in [1.82, 2.24) is 9.78 Å². The predicted molar refractivity (Wildman–Crippen MR) is 105 cm³/mol. The van der Waals surface area contributed by atoms with Gasteiger partial charge in [0.1, 0.15) is 0 Å². The molecule has 0 radical (unpaired) electrons. The molecular weight excluding hydrogens is 362 g/mol. The van der Waals surface area contributed by atoms with Gasteiger partial charge < -0.3 is 4.74 Å². The van der Waals surface area contributed by atoms with Gasteiger partial charge in [0.15, 0.2) is 5.70 Å². The summed E-state index contributed by atoms with van der Waals surface area (Å²) in [6.45, 7) is 3.86. The average Bonchev–Trinajstić information content (AvgIpc) is 3.17. The summed E-state index contributed by atoms with van der Waals surface area (Å²) in [4.78, 5) is 16.6. The number of halogens is 1. The Morgan fingerprint density at radius 2 is 1.74 bits per heavy atom. The number of carbonyl (C=O) groups excluding carboxylic acids is 1. The lowest BCUT2D eigenvalue weighted by Crippen LogP contribution is -2.05. The summed E-state index contributed by atoms with van der Waals surface area (Å²) in [7, 11) is 0. The Hall–Kier alpha value is -3.18. The zero-order valence-corrected chi connectivity index (χ0v) is 15.6. The van der Waals surface area contributed by atoms with Gasteiger partial charge in [0, 0.05) is 11.3 Å². The molecule has 27 heavy (non-hydrogen) atoms. The number of aliphatic imine (C=N–C) groups is 1. The van der Waals surface area contributed by atoms with E-state index in [1.54, 1.807) is 18.2 Å². The fraction of sp³-hybridized carbons (Fsp3) is 0.0952. The highest BCUT2D eigenvalue weighted by molar-refractivity contribution is 6.34. The highest BCUT2D eigenvalue weighted by Crippen LogP contribution is 2.26. The number of para-hydroxylation sites is 1. The first-order valence-electron chi connectivity index (χ1n) is 8.43. The van der Waals surface area contributed by atoms with Crippen molar-refractivity contribution in [2.75, 3.05) is 0 Å². The van der Waals surface area contributed by atoms with Crippen molar-refractivity contribution in [2.45, 2.75) is 13.8 Å². The number of hydrogen-bond donors (Lipinski definition) is 0. The van der Waals surface area contributed by atoms with Crippen molar-refractivity contribution in [2.24, 2.45) is 4.99 Å². The van der Waals surface area contributed by atoms with Crippen LogP contribution in [-0.2, 0) is 9.53 Å². The van der Waals surface area contributed by atoms with Gasteiger partial charge in [0.2, 0.25) is 5.90 Å². The van der Waals surface area contributed by atoms with Crippen molar-refractivity contribution in [3.8, 4) is 5.69 Å². The Kier molecular flexibility index (Phi) is 4.38. The first kappa shape index (κ1) is 17.2. The lowest BCUT2D eigenvalue weighted by atomic mass is 10.1. The molecule has 0 unspecified atom stereocenters. The summed E-state index contributed by atoms with van der Waals surface area (Å²) in [5, 5.41) is 5.07. The SMILES string of the molecule is Cc1nn(-c2ccccc2)c(C)c1C=C1N=C(c2ccccc2Cl)OC1=O. The van der Waals surface area contributed by atoms with Gasteiger partial charge in [0.05, 0.1) is 22.0 Å². The third-order valence-corrected chi connectivity index (χ3v) is 4.68. The number of rotatable bonds is 3. The van der Waals surface area contributed by atoms with Crippen LogP contribution in [0.4, 0.5) is 0 Å². The lowest BCUT2D eigenvalue weighted by Gasteiger charge is -2.03. The van der Waals surface area contributed by atoms with Gasteiger partial charge in [0.25, 0.3) is 0 Å². The summed E-state index contributed by atoms with van der Waals surface area (Å²) in [5.74, 6) is -0.293. The monoisotopic (exact) mass is 377 g/mol. The van der Waals surface area contributed by atoms with Crippen molar-refractivity contribution >= 4 is 29.5 Å². The number of aromatic nitrogens is 2. The highest BCUT2D eigenvalue weighted by atomic mass is 35.5.